The molecule has 5 rings (SSSR count). The summed E-state index contributed by atoms with van der Waals surface area (Å²) >= 11 is 0. The highest BCUT2D eigenvalue weighted by molar-refractivity contribution is 7.90. The van der Waals surface area contributed by atoms with Crippen molar-refractivity contribution >= 4 is 37.9 Å². The van der Waals surface area contributed by atoms with E-state index in [4.69, 9.17) is 0 Å². The van der Waals surface area contributed by atoms with Gasteiger partial charge < -0.3 is 10.2 Å². The monoisotopic (exact) mass is 587 g/mol. The Labute approximate surface area is 236 Å². The van der Waals surface area contributed by atoms with Crippen LogP contribution in [0.25, 0.3) is 22.2 Å². The SMILES string of the molecule is CC(C)c1ccc(N2C[C@H](CS(C)(=O)=O)[C@H]2C)c2cnc(Nc3ccnc(-c4cnn(C(C)C(F)(F)F)c4)n3)cc12. The molecule has 1 N–H and O–H groups in total. The number of aromatic nitrogens is 5. The van der Waals surface area contributed by atoms with Gasteiger partial charge in [-0.3, -0.25) is 4.68 Å². The van der Waals surface area contributed by atoms with Gasteiger partial charge in [0, 0.05) is 54.4 Å². The van der Waals surface area contributed by atoms with E-state index in [-0.39, 0.29) is 29.5 Å². The normalized spacial score (nSPS) is 18.5. The van der Waals surface area contributed by atoms with Gasteiger partial charge >= 0.3 is 6.18 Å². The van der Waals surface area contributed by atoms with Gasteiger partial charge in [-0.15, -0.1) is 0 Å². The Morgan fingerprint density at radius 1 is 1.07 bits per heavy atom. The van der Waals surface area contributed by atoms with E-state index < -0.39 is 22.1 Å². The van der Waals surface area contributed by atoms with Crippen LogP contribution in [-0.4, -0.2) is 63.9 Å². The molecule has 3 atom stereocenters. The van der Waals surface area contributed by atoms with Crippen molar-refractivity contribution in [1.82, 2.24) is 24.7 Å². The number of sulfone groups is 1. The highest BCUT2D eigenvalue weighted by atomic mass is 32.2. The van der Waals surface area contributed by atoms with Crippen molar-refractivity contribution in [3.63, 3.8) is 0 Å². The summed E-state index contributed by atoms with van der Waals surface area (Å²) in [6.45, 7) is 7.98. The van der Waals surface area contributed by atoms with E-state index in [2.05, 4.69) is 56.2 Å². The number of rotatable bonds is 8. The highest BCUT2D eigenvalue weighted by Gasteiger charge is 2.39. The standard InChI is InChI=1S/C28H32F3N7O2S/c1-16(2)21-6-7-24(37-13-20(17(37)3)15-41(5,39)40)23-12-33-26(10-22(21)23)35-25-8-9-32-27(36-25)19-11-34-38(14-19)18(4)28(29,30)31/h6-12,14,16-18,20H,13,15H2,1-5H3,(H,32,33,35,36)/t17-,18?,20-/m1/s1. The second kappa shape index (κ2) is 10.6. The van der Waals surface area contributed by atoms with Gasteiger partial charge in [0.1, 0.15) is 27.5 Å². The van der Waals surface area contributed by atoms with E-state index in [1.165, 1.54) is 24.8 Å². The average molecular weight is 588 g/mol. The van der Waals surface area contributed by atoms with Crippen molar-refractivity contribution in [2.45, 2.75) is 51.9 Å². The minimum atomic E-state index is -4.42. The number of halogens is 3. The van der Waals surface area contributed by atoms with Crippen molar-refractivity contribution in [3.05, 3.63) is 54.6 Å². The summed E-state index contributed by atoms with van der Waals surface area (Å²) in [5.74, 6) is 1.71. The molecule has 218 valence electrons. The quantitative estimate of drug-likeness (QED) is 0.278. The van der Waals surface area contributed by atoms with Crippen LogP contribution < -0.4 is 10.2 Å². The Kier molecular flexibility index (Phi) is 7.43. The first-order valence-corrected chi connectivity index (χ1v) is 15.4. The summed E-state index contributed by atoms with van der Waals surface area (Å²) < 4.78 is 63.8. The maximum absolute atomic E-state index is 13.1. The summed E-state index contributed by atoms with van der Waals surface area (Å²) in [6.07, 6.45) is 2.76. The molecule has 3 aromatic heterocycles. The van der Waals surface area contributed by atoms with Crippen LogP contribution in [0.2, 0.25) is 0 Å². The van der Waals surface area contributed by atoms with Gasteiger partial charge in [-0.05, 0) is 48.9 Å². The van der Waals surface area contributed by atoms with E-state index in [0.717, 1.165) is 33.6 Å². The molecule has 4 heterocycles. The number of anilines is 3. The average Bonchev–Trinajstić information content (AvgIpc) is 3.39. The molecule has 0 radical (unpaired) electrons. The minimum absolute atomic E-state index is 0.0782. The molecular formula is C28H32F3N7O2S. The Balaban J connectivity index is 1.42. The maximum atomic E-state index is 13.1. The number of benzene rings is 1. The molecule has 1 saturated heterocycles. The van der Waals surface area contributed by atoms with Crippen LogP contribution in [0.5, 0.6) is 0 Å². The summed E-state index contributed by atoms with van der Waals surface area (Å²) in [7, 11) is -3.06. The molecule has 1 unspecified atom stereocenters. The first kappa shape index (κ1) is 28.8. The molecule has 41 heavy (non-hydrogen) atoms. The van der Waals surface area contributed by atoms with Gasteiger partial charge in [-0.1, -0.05) is 19.9 Å². The number of nitrogens with one attached hydrogen (secondary N) is 1. The Morgan fingerprint density at radius 2 is 1.83 bits per heavy atom. The molecule has 0 amide bonds. The van der Waals surface area contributed by atoms with Crippen LogP contribution in [0.4, 0.5) is 30.5 Å². The molecule has 1 aliphatic heterocycles. The molecule has 13 heteroatoms. The zero-order valence-electron chi connectivity index (χ0n) is 23.4. The fraction of sp³-hybridized carbons (Fsp3) is 0.429. The third-order valence-corrected chi connectivity index (χ3v) is 8.64. The number of hydrogen-bond donors (Lipinski definition) is 1. The molecule has 1 aliphatic rings. The second-order valence-electron chi connectivity index (χ2n) is 11.0. The second-order valence-corrected chi connectivity index (χ2v) is 13.2. The van der Waals surface area contributed by atoms with Crippen LogP contribution in [0.3, 0.4) is 0 Å². The van der Waals surface area contributed by atoms with Gasteiger partial charge in [0.15, 0.2) is 5.82 Å². The van der Waals surface area contributed by atoms with Crippen LogP contribution in [0, 0.1) is 5.92 Å². The summed E-state index contributed by atoms with van der Waals surface area (Å²) in [6, 6.07) is 6.10. The van der Waals surface area contributed by atoms with E-state index in [0.29, 0.717) is 23.7 Å². The summed E-state index contributed by atoms with van der Waals surface area (Å²) in [4.78, 5) is 15.5. The summed E-state index contributed by atoms with van der Waals surface area (Å²) in [5.41, 5.74) is 2.51. The molecule has 1 fully saturated rings. The van der Waals surface area contributed by atoms with Crippen LogP contribution in [0.1, 0.15) is 45.2 Å². The molecule has 0 bridgehead atoms. The lowest BCUT2D eigenvalue weighted by molar-refractivity contribution is -0.165. The lowest BCUT2D eigenvalue weighted by atomic mass is 9.88. The molecule has 0 saturated carbocycles. The Bertz CT molecular complexity index is 1690. The largest absolute Gasteiger partial charge is 0.410 e. The minimum Gasteiger partial charge on any atom is -0.368 e. The van der Waals surface area contributed by atoms with Crippen molar-refractivity contribution in [3.8, 4) is 11.4 Å². The van der Waals surface area contributed by atoms with Gasteiger partial charge in [-0.2, -0.15) is 18.3 Å². The van der Waals surface area contributed by atoms with E-state index in [1.807, 2.05) is 13.0 Å². The van der Waals surface area contributed by atoms with Crippen molar-refractivity contribution < 1.29 is 21.6 Å². The zero-order chi connectivity index (χ0) is 29.7. The third-order valence-electron chi connectivity index (χ3n) is 7.61. The van der Waals surface area contributed by atoms with Crippen LogP contribution in [-0.2, 0) is 9.84 Å². The number of hydrogen-bond acceptors (Lipinski definition) is 8. The Hall–Kier alpha value is -3.74. The fourth-order valence-electron chi connectivity index (χ4n) is 5.17. The van der Waals surface area contributed by atoms with E-state index >= 15 is 0 Å². The number of nitrogens with zero attached hydrogens (tertiary/aromatic N) is 6. The highest BCUT2D eigenvalue weighted by Crippen LogP contribution is 2.39. The van der Waals surface area contributed by atoms with Crippen molar-refractivity contribution in [1.29, 1.82) is 0 Å². The molecule has 4 aromatic rings. The lowest BCUT2D eigenvalue weighted by Crippen LogP contribution is -2.57. The molecular weight excluding hydrogens is 555 g/mol. The van der Waals surface area contributed by atoms with Gasteiger partial charge in [-0.25, -0.2) is 23.4 Å². The van der Waals surface area contributed by atoms with Gasteiger partial charge in [0.25, 0.3) is 0 Å². The van der Waals surface area contributed by atoms with E-state index in [9.17, 15) is 21.6 Å². The zero-order valence-corrected chi connectivity index (χ0v) is 24.2. The lowest BCUT2D eigenvalue weighted by Gasteiger charge is -2.48. The summed E-state index contributed by atoms with van der Waals surface area (Å²) in [5, 5.41) is 9.03. The number of pyridine rings is 1. The number of alkyl halides is 3. The first-order valence-electron chi connectivity index (χ1n) is 13.3. The topological polar surface area (TPSA) is 106 Å². The van der Waals surface area contributed by atoms with E-state index in [1.54, 1.807) is 12.3 Å². The van der Waals surface area contributed by atoms with Gasteiger partial charge in [0.2, 0.25) is 0 Å². The fourth-order valence-corrected chi connectivity index (χ4v) is 6.33. The molecule has 0 aliphatic carbocycles. The predicted octanol–water partition coefficient (Wildman–Crippen LogP) is 5.75. The van der Waals surface area contributed by atoms with Crippen molar-refractivity contribution in [2.75, 3.05) is 28.8 Å². The molecule has 1 aromatic carbocycles. The molecule has 0 spiro atoms. The first-order chi connectivity index (χ1) is 19.2. The van der Waals surface area contributed by atoms with Crippen LogP contribution >= 0.6 is 0 Å². The predicted molar refractivity (Wildman–Crippen MR) is 153 cm³/mol. The Morgan fingerprint density at radius 3 is 2.49 bits per heavy atom. The molecule has 9 nitrogen and oxygen atoms in total. The maximum Gasteiger partial charge on any atom is 0.410 e. The smallest absolute Gasteiger partial charge is 0.368 e. The van der Waals surface area contributed by atoms with Crippen LogP contribution in [0.15, 0.2) is 49.1 Å². The number of fused-ring (bicyclic) bond motifs is 1. The van der Waals surface area contributed by atoms with Gasteiger partial charge in [0.05, 0.1) is 17.5 Å². The van der Waals surface area contributed by atoms with Crippen molar-refractivity contribution in [2.24, 2.45) is 5.92 Å². The third kappa shape index (κ3) is 5.99.